The number of rotatable bonds is 7. The van der Waals surface area contributed by atoms with Gasteiger partial charge in [-0.05, 0) is 68.0 Å². The van der Waals surface area contributed by atoms with Gasteiger partial charge in [0.15, 0.2) is 5.78 Å². The quantitative estimate of drug-likeness (QED) is 0.744. The van der Waals surface area contributed by atoms with Crippen LogP contribution in [0.25, 0.3) is 0 Å². The molecule has 1 saturated carbocycles. The molecule has 1 N–H and O–H groups in total. The fourth-order valence-electron chi connectivity index (χ4n) is 4.12. The molecule has 4 heteroatoms. The molecule has 0 radical (unpaired) electrons. The Morgan fingerprint density at radius 1 is 1.04 bits per heavy atom. The van der Waals surface area contributed by atoms with Gasteiger partial charge >= 0.3 is 0 Å². The number of hydrogen-bond acceptors (Lipinski definition) is 3. The van der Waals surface area contributed by atoms with Crippen LogP contribution in [0.1, 0.15) is 60.1 Å². The number of carbonyl (C=O) groups excluding carboxylic acids is 2. The number of hydrogen-bond donors (Lipinski definition) is 1. The first kappa shape index (κ1) is 17.9. The van der Waals surface area contributed by atoms with Crippen LogP contribution in [-0.2, 0) is 11.2 Å². The zero-order chi connectivity index (χ0) is 18.8. The van der Waals surface area contributed by atoms with Crippen LogP contribution in [0.3, 0.4) is 0 Å². The highest BCUT2D eigenvalue weighted by atomic mass is 16.1. The monoisotopic (exact) mass is 362 g/mol. The van der Waals surface area contributed by atoms with E-state index >= 15 is 0 Å². The van der Waals surface area contributed by atoms with Crippen molar-refractivity contribution in [3.8, 4) is 0 Å². The van der Waals surface area contributed by atoms with Gasteiger partial charge in [-0.25, -0.2) is 0 Å². The van der Waals surface area contributed by atoms with E-state index < -0.39 is 0 Å². The average Bonchev–Trinajstić information content (AvgIpc) is 3.42. The molecule has 0 spiro atoms. The van der Waals surface area contributed by atoms with Gasteiger partial charge in [-0.15, -0.1) is 0 Å². The van der Waals surface area contributed by atoms with Gasteiger partial charge in [-0.3, -0.25) is 14.5 Å². The summed E-state index contributed by atoms with van der Waals surface area (Å²) in [4.78, 5) is 26.3. The number of benzene rings is 2. The topological polar surface area (TPSA) is 49.4 Å². The summed E-state index contributed by atoms with van der Waals surface area (Å²) < 4.78 is 0. The molecule has 0 bridgehead atoms. The van der Waals surface area contributed by atoms with Crippen molar-refractivity contribution in [2.24, 2.45) is 0 Å². The highest BCUT2D eigenvalue weighted by molar-refractivity contribution is 5.95. The number of nitrogens with one attached hydrogen (secondary N) is 1. The lowest BCUT2D eigenvalue weighted by atomic mass is 10.1. The average molecular weight is 362 g/mol. The van der Waals surface area contributed by atoms with Crippen molar-refractivity contribution in [2.45, 2.75) is 51.1 Å². The second kappa shape index (κ2) is 7.65. The van der Waals surface area contributed by atoms with Crippen molar-refractivity contribution in [1.29, 1.82) is 0 Å². The lowest BCUT2D eigenvalue weighted by Crippen LogP contribution is -2.33. The molecular formula is C23H26N2O2. The molecule has 0 aromatic heterocycles. The van der Waals surface area contributed by atoms with Gasteiger partial charge in [-0.2, -0.15) is 0 Å². The Labute approximate surface area is 160 Å². The van der Waals surface area contributed by atoms with Gasteiger partial charge < -0.3 is 5.32 Å². The number of anilines is 1. The molecule has 2 aliphatic rings. The van der Waals surface area contributed by atoms with E-state index in [2.05, 4.69) is 34.5 Å². The standard InChI is InChI=1S/C23H26N2O2/c1-16(26)17-6-9-19(10-7-17)24-23(27)14-15-25(20-11-12-20)22-13-8-18-4-2-3-5-21(18)22/h2-7,9-10,20,22H,8,11-15H2,1H3,(H,24,27). The van der Waals surface area contributed by atoms with Gasteiger partial charge in [-0.1, -0.05) is 24.3 Å². The minimum absolute atomic E-state index is 0.0301. The van der Waals surface area contributed by atoms with Gasteiger partial charge in [0.25, 0.3) is 0 Å². The molecular weight excluding hydrogens is 336 g/mol. The van der Waals surface area contributed by atoms with Gasteiger partial charge in [0, 0.05) is 36.3 Å². The number of ketones is 1. The lowest BCUT2D eigenvalue weighted by molar-refractivity contribution is -0.116. The highest BCUT2D eigenvalue weighted by Crippen LogP contribution is 2.41. The fourth-order valence-corrected chi connectivity index (χ4v) is 4.12. The third kappa shape index (κ3) is 4.11. The van der Waals surface area contributed by atoms with E-state index in [9.17, 15) is 9.59 Å². The molecule has 0 heterocycles. The van der Waals surface area contributed by atoms with Crippen LogP contribution >= 0.6 is 0 Å². The van der Waals surface area contributed by atoms with E-state index in [4.69, 9.17) is 0 Å². The summed E-state index contributed by atoms with van der Waals surface area (Å²) in [6.45, 7) is 2.34. The Kier molecular flexibility index (Phi) is 5.08. The number of fused-ring (bicyclic) bond motifs is 1. The number of carbonyl (C=O) groups is 2. The van der Waals surface area contributed by atoms with E-state index in [1.165, 1.54) is 24.0 Å². The van der Waals surface area contributed by atoms with Crippen molar-refractivity contribution in [1.82, 2.24) is 4.90 Å². The molecule has 2 aromatic rings. The summed E-state index contributed by atoms with van der Waals surface area (Å²) in [5, 5.41) is 2.96. The Hall–Kier alpha value is -2.46. The summed E-state index contributed by atoms with van der Waals surface area (Å²) in [5.41, 5.74) is 4.31. The maximum atomic E-state index is 12.4. The minimum atomic E-state index is 0.0301. The normalized spacial score (nSPS) is 18.4. The molecule has 1 atom stereocenters. The van der Waals surface area contributed by atoms with E-state index in [-0.39, 0.29) is 11.7 Å². The third-order valence-electron chi connectivity index (χ3n) is 5.69. The van der Waals surface area contributed by atoms with Gasteiger partial charge in [0.2, 0.25) is 5.91 Å². The van der Waals surface area contributed by atoms with Crippen molar-refractivity contribution >= 4 is 17.4 Å². The molecule has 1 fully saturated rings. The second-order valence-electron chi connectivity index (χ2n) is 7.65. The number of Topliss-reactive ketones (excluding diaryl/α,β-unsaturated/α-hetero) is 1. The predicted molar refractivity (Wildman–Crippen MR) is 107 cm³/mol. The van der Waals surface area contributed by atoms with Crippen LogP contribution in [0.15, 0.2) is 48.5 Å². The smallest absolute Gasteiger partial charge is 0.225 e. The molecule has 4 rings (SSSR count). The Bertz CT molecular complexity index is 840. The van der Waals surface area contributed by atoms with Crippen LogP contribution < -0.4 is 5.32 Å². The molecule has 4 nitrogen and oxygen atoms in total. The summed E-state index contributed by atoms with van der Waals surface area (Å²) in [6.07, 6.45) is 5.27. The SMILES string of the molecule is CC(=O)c1ccc(NC(=O)CCN(C2CC2)C2CCc3ccccc32)cc1. The molecule has 2 aliphatic carbocycles. The summed E-state index contributed by atoms with van der Waals surface area (Å²) in [6, 6.07) is 16.9. The van der Waals surface area contributed by atoms with E-state index in [1.54, 1.807) is 31.2 Å². The molecule has 0 aliphatic heterocycles. The molecule has 0 saturated heterocycles. The number of amides is 1. The molecule has 1 unspecified atom stereocenters. The van der Waals surface area contributed by atoms with Crippen LogP contribution in [0, 0.1) is 0 Å². The first-order valence-corrected chi connectivity index (χ1v) is 9.86. The summed E-state index contributed by atoms with van der Waals surface area (Å²) >= 11 is 0. The predicted octanol–water partition coefficient (Wildman–Crippen LogP) is 4.37. The van der Waals surface area contributed by atoms with E-state index in [0.29, 0.717) is 24.1 Å². The van der Waals surface area contributed by atoms with Crippen molar-refractivity contribution in [2.75, 3.05) is 11.9 Å². The van der Waals surface area contributed by atoms with E-state index in [1.807, 2.05) is 0 Å². The Balaban J connectivity index is 1.36. The van der Waals surface area contributed by atoms with Crippen molar-refractivity contribution < 1.29 is 9.59 Å². The number of nitrogens with zero attached hydrogens (tertiary/aromatic N) is 1. The fraction of sp³-hybridized carbons (Fsp3) is 0.391. The lowest BCUT2D eigenvalue weighted by Gasteiger charge is -2.29. The van der Waals surface area contributed by atoms with Crippen LogP contribution in [-0.4, -0.2) is 29.2 Å². The number of aryl methyl sites for hydroxylation is 1. The molecule has 140 valence electrons. The highest BCUT2D eigenvalue weighted by Gasteiger charge is 2.37. The van der Waals surface area contributed by atoms with Gasteiger partial charge in [0.05, 0.1) is 0 Å². The van der Waals surface area contributed by atoms with Crippen molar-refractivity contribution in [3.05, 3.63) is 65.2 Å². The minimum Gasteiger partial charge on any atom is -0.326 e. The maximum Gasteiger partial charge on any atom is 0.225 e. The first-order valence-electron chi connectivity index (χ1n) is 9.86. The first-order chi connectivity index (χ1) is 13.1. The summed E-state index contributed by atoms with van der Waals surface area (Å²) in [5.74, 6) is 0.0623. The van der Waals surface area contributed by atoms with Gasteiger partial charge in [0.1, 0.15) is 0 Å². The molecule has 2 aromatic carbocycles. The maximum absolute atomic E-state index is 12.4. The Morgan fingerprint density at radius 2 is 1.78 bits per heavy atom. The Morgan fingerprint density at radius 3 is 2.48 bits per heavy atom. The van der Waals surface area contributed by atoms with Crippen LogP contribution in [0.5, 0.6) is 0 Å². The molecule has 1 amide bonds. The largest absolute Gasteiger partial charge is 0.326 e. The van der Waals surface area contributed by atoms with Crippen LogP contribution in [0.2, 0.25) is 0 Å². The second-order valence-corrected chi connectivity index (χ2v) is 7.65. The summed E-state index contributed by atoms with van der Waals surface area (Å²) in [7, 11) is 0. The molecule has 27 heavy (non-hydrogen) atoms. The van der Waals surface area contributed by atoms with Crippen molar-refractivity contribution in [3.63, 3.8) is 0 Å². The third-order valence-corrected chi connectivity index (χ3v) is 5.69. The van der Waals surface area contributed by atoms with Crippen LogP contribution in [0.4, 0.5) is 5.69 Å². The van der Waals surface area contributed by atoms with E-state index in [0.717, 1.165) is 25.1 Å². The zero-order valence-electron chi connectivity index (χ0n) is 15.8. The zero-order valence-corrected chi connectivity index (χ0v) is 15.8.